The summed E-state index contributed by atoms with van der Waals surface area (Å²) in [7, 11) is 1.19. The quantitative estimate of drug-likeness (QED) is 0.465. The van der Waals surface area contributed by atoms with Crippen molar-refractivity contribution in [1.82, 2.24) is 0 Å². The maximum Gasteiger partial charge on any atom is 0.294 e. The molecule has 1 aromatic carbocycles. The Labute approximate surface area is 124 Å². The van der Waals surface area contributed by atoms with Gasteiger partial charge in [-0.05, 0) is 23.8 Å². The smallest absolute Gasteiger partial charge is 0.294 e. The third-order valence-electron chi connectivity index (χ3n) is 2.45. The molecule has 0 unspecified atom stereocenters. The number of hydrogen-bond donors (Lipinski definition) is 0. The number of ether oxygens (including phenoxy) is 1. The molecule has 112 valence electrons. The fraction of sp³-hybridized carbons (Fsp3) is 0.182. The first-order valence-electron chi connectivity index (χ1n) is 5.61. The van der Waals surface area contributed by atoms with Crippen molar-refractivity contribution >= 4 is 31.3 Å². The van der Waals surface area contributed by atoms with Crippen LogP contribution in [0.4, 0.5) is 5.69 Å². The number of non-ortho nitro benzene ring substituents is 1. The van der Waals surface area contributed by atoms with E-state index in [0.29, 0.717) is 5.56 Å². The van der Waals surface area contributed by atoms with Crippen molar-refractivity contribution in [3.8, 4) is 0 Å². The van der Waals surface area contributed by atoms with Crippen LogP contribution in [0.5, 0.6) is 0 Å². The highest BCUT2D eigenvalue weighted by atomic mass is 35.7. The SMILES string of the molecule is O=[N+]([O-])c1ccc(CON=C2CC=C(S(=O)(=O)Cl)O2)cc1. The maximum atomic E-state index is 11.0. The molecule has 0 saturated carbocycles. The zero-order chi connectivity index (χ0) is 15.5. The van der Waals surface area contributed by atoms with Gasteiger partial charge in [0.1, 0.15) is 6.61 Å². The summed E-state index contributed by atoms with van der Waals surface area (Å²) in [5.74, 6) is 0.0659. The Morgan fingerprint density at radius 2 is 2.05 bits per heavy atom. The predicted octanol–water partition coefficient (Wildman–Crippen LogP) is 2.26. The minimum Gasteiger partial charge on any atom is -0.426 e. The number of hydrogen-bond acceptors (Lipinski definition) is 7. The minimum absolute atomic E-state index is 0.0228. The van der Waals surface area contributed by atoms with E-state index in [2.05, 4.69) is 5.16 Å². The van der Waals surface area contributed by atoms with Crippen LogP contribution < -0.4 is 0 Å². The molecule has 0 saturated heterocycles. The van der Waals surface area contributed by atoms with Crippen LogP contribution in [0.1, 0.15) is 12.0 Å². The number of nitrogens with zero attached hydrogens (tertiary/aromatic N) is 2. The summed E-state index contributed by atoms with van der Waals surface area (Å²) in [6.07, 6.45) is 1.43. The molecule has 1 heterocycles. The van der Waals surface area contributed by atoms with Crippen molar-refractivity contribution in [3.63, 3.8) is 0 Å². The van der Waals surface area contributed by atoms with Gasteiger partial charge in [0.15, 0.2) is 0 Å². The van der Waals surface area contributed by atoms with Crippen LogP contribution in [0, 0.1) is 10.1 Å². The Morgan fingerprint density at radius 3 is 2.57 bits per heavy atom. The van der Waals surface area contributed by atoms with Gasteiger partial charge < -0.3 is 9.57 Å². The predicted molar refractivity (Wildman–Crippen MR) is 73.9 cm³/mol. The van der Waals surface area contributed by atoms with Gasteiger partial charge in [-0.15, -0.1) is 0 Å². The van der Waals surface area contributed by atoms with Crippen LogP contribution in [0.3, 0.4) is 0 Å². The van der Waals surface area contributed by atoms with Gasteiger partial charge in [0.25, 0.3) is 14.7 Å². The Kier molecular flexibility index (Phi) is 4.43. The van der Waals surface area contributed by atoms with E-state index in [1.165, 1.54) is 30.3 Å². The van der Waals surface area contributed by atoms with Crippen molar-refractivity contribution in [2.75, 3.05) is 0 Å². The molecule has 8 nitrogen and oxygen atoms in total. The Bertz CT molecular complexity index is 711. The molecule has 0 N–H and O–H groups in total. The minimum atomic E-state index is -3.91. The average Bonchev–Trinajstić information content (AvgIpc) is 2.88. The third kappa shape index (κ3) is 4.17. The van der Waals surface area contributed by atoms with Crippen molar-refractivity contribution in [3.05, 3.63) is 51.1 Å². The summed E-state index contributed by atoms with van der Waals surface area (Å²) < 4.78 is 26.9. The summed E-state index contributed by atoms with van der Waals surface area (Å²) >= 11 is 0. The molecule has 21 heavy (non-hydrogen) atoms. The normalized spacial score (nSPS) is 16.4. The summed E-state index contributed by atoms with van der Waals surface area (Å²) in [6, 6.07) is 5.75. The maximum absolute atomic E-state index is 11.0. The van der Waals surface area contributed by atoms with E-state index in [1.807, 2.05) is 0 Å². The second kappa shape index (κ2) is 6.10. The molecule has 1 aromatic rings. The fourth-order valence-electron chi connectivity index (χ4n) is 1.47. The third-order valence-corrected chi connectivity index (χ3v) is 3.63. The van der Waals surface area contributed by atoms with Gasteiger partial charge in [-0.1, -0.05) is 5.16 Å². The number of benzene rings is 1. The van der Waals surface area contributed by atoms with Gasteiger partial charge in [-0.3, -0.25) is 10.1 Å². The molecule has 2 rings (SSSR count). The van der Waals surface area contributed by atoms with Crippen LogP contribution in [-0.4, -0.2) is 19.2 Å². The van der Waals surface area contributed by atoms with E-state index in [4.69, 9.17) is 20.3 Å². The zero-order valence-electron chi connectivity index (χ0n) is 10.4. The van der Waals surface area contributed by atoms with Crippen molar-refractivity contribution in [2.45, 2.75) is 13.0 Å². The highest BCUT2D eigenvalue weighted by molar-refractivity contribution is 8.16. The lowest BCUT2D eigenvalue weighted by atomic mass is 10.2. The Hall–Kier alpha value is -2.13. The second-order valence-electron chi connectivity index (χ2n) is 3.95. The van der Waals surface area contributed by atoms with Gasteiger partial charge in [0, 0.05) is 22.8 Å². The molecular weight excluding hydrogens is 324 g/mol. The average molecular weight is 333 g/mol. The lowest BCUT2D eigenvalue weighted by Crippen LogP contribution is -2.01. The summed E-state index contributed by atoms with van der Waals surface area (Å²) in [5.41, 5.74) is 0.645. The molecule has 0 aliphatic carbocycles. The second-order valence-corrected chi connectivity index (χ2v) is 6.45. The van der Waals surface area contributed by atoms with E-state index < -0.39 is 14.0 Å². The van der Waals surface area contributed by atoms with Crippen LogP contribution in [0.15, 0.2) is 40.6 Å². The Morgan fingerprint density at radius 1 is 1.38 bits per heavy atom. The fourth-order valence-corrected chi connectivity index (χ4v) is 2.23. The molecule has 0 bridgehead atoms. The molecule has 0 fully saturated rings. The first-order valence-corrected chi connectivity index (χ1v) is 7.92. The van der Waals surface area contributed by atoms with E-state index in [9.17, 15) is 18.5 Å². The lowest BCUT2D eigenvalue weighted by Gasteiger charge is -2.02. The van der Waals surface area contributed by atoms with E-state index >= 15 is 0 Å². The van der Waals surface area contributed by atoms with Crippen LogP contribution in [-0.2, 0) is 25.2 Å². The van der Waals surface area contributed by atoms with Gasteiger partial charge in [-0.2, -0.15) is 0 Å². The molecule has 0 spiro atoms. The van der Waals surface area contributed by atoms with Gasteiger partial charge in [0.2, 0.25) is 11.0 Å². The van der Waals surface area contributed by atoms with E-state index in [1.54, 1.807) is 0 Å². The lowest BCUT2D eigenvalue weighted by molar-refractivity contribution is -0.384. The number of halogens is 1. The Balaban J connectivity index is 1.88. The molecule has 10 heteroatoms. The molecule has 0 atom stereocenters. The van der Waals surface area contributed by atoms with Gasteiger partial charge in [0.05, 0.1) is 11.3 Å². The largest absolute Gasteiger partial charge is 0.426 e. The number of rotatable bonds is 5. The zero-order valence-corrected chi connectivity index (χ0v) is 12.0. The topological polar surface area (TPSA) is 108 Å². The van der Waals surface area contributed by atoms with Crippen molar-refractivity contribution in [1.29, 1.82) is 0 Å². The van der Waals surface area contributed by atoms with Crippen molar-refractivity contribution < 1.29 is 22.9 Å². The van der Waals surface area contributed by atoms with Gasteiger partial charge in [-0.25, -0.2) is 8.42 Å². The summed E-state index contributed by atoms with van der Waals surface area (Å²) in [6.45, 7) is 0.0633. The van der Waals surface area contributed by atoms with Gasteiger partial charge >= 0.3 is 0 Å². The number of oxime groups is 1. The highest BCUT2D eigenvalue weighted by Gasteiger charge is 2.24. The molecular formula is C11H9ClN2O6S. The summed E-state index contributed by atoms with van der Waals surface area (Å²) in [4.78, 5) is 15.0. The number of nitro groups is 1. The van der Waals surface area contributed by atoms with E-state index in [0.717, 1.165) is 0 Å². The molecule has 0 radical (unpaired) electrons. The molecule has 1 aliphatic rings. The van der Waals surface area contributed by atoms with Crippen LogP contribution >= 0.6 is 10.7 Å². The van der Waals surface area contributed by atoms with Crippen LogP contribution in [0.2, 0.25) is 0 Å². The monoisotopic (exact) mass is 332 g/mol. The standard InChI is InChI=1S/C11H9ClN2O6S/c12-21(17,18)11-6-5-10(20-11)13-19-7-8-1-3-9(4-2-8)14(15)16/h1-4,6H,5,7H2. The van der Waals surface area contributed by atoms with E-state index in [-0.39, 0.29) is 29.7 Å². The van der Waals surface area contributed by atoms with Crippen molar-refractivity contribution in [2.24, 2.45) is 5.16 Å². The van der Waals surface area contributed by atoms with Crippen LogP contribution in [0.25, 0.3) is 0 Å². The first kappa shape index (κ1) is 15.3. The molecule has 0 aromatic heterocycles. The highest BCUT2D eigenvalue weighted by Crippen LogP contribution is 2.21. The number of nitro benzene ring substituents is 1. The molecule has 1 aliphatic heterocycles. The first-order chi connectivity index (χ1) is 9.86. The summed E-state index contributed by atoms with van der Waals surface area (Å²) in [5, 5.41) is 13.7. The molecule has 0 amide bonds.